The summed E-state index contributed by atoms with van der Waals surface area (Å²) in [6.45, 7) is 0. The summed E-state index contributed by atoms with van der Waals surface area (Å²) in [6, 6.07) is 61.5. The second kappa shape index (κ2) is 12.4. The molecule has 0 aliphatic rings. The lowest BCUT2D eigenvalue weighted by atomic mass is 9.97. The average Bonchev–Trinajstić information content (AvgIpc) is 3.58. The predicted molar refractivity (Wildman–Crippen MR) is 205 cm³/mol. The van der Waals surface area contributed by atoms with E-state index in [1.807, 2.05) is 12.1 Å². The first-order chi connectivity index (χ1) is 24.3. The number of fused-ring (bicyclic) bond motifs is 3. The van der Waals surface area contributed by atoms with E-state index in [0.29, 0.717) is 17.5 Å². The second-order valence-electron chi connectivity index (χ2n) is 12.0. The smallest absolute Gasteiger partial charge is 0.165 e. The van der Waals surface area contributed by atoms with Gasteiger partial charge in [-0.3, -0.25) is 0 Å². The SMILES string of the molecule is c1ccc(-c2ccc(-c3nc(-c4ccc(-c5ccccc5)cc4)nc(-c4ccc(-c5ccccc5)c5c4sc4ccccc45)n3)cc2)cc1. The molecule has 0 unspecified atom stereocenters. The van der Waals surface area contributed by atoms with Crippen LogP contribution < -0.4 is 0 Å². The lowest BCUT2D eigenvalue weighted by molar-refractivity contribution is 1.08. The van der Waals surface area contributed by atoms with Crippen LogP contribution in [0.4, 0.5) is 0 Å². The van der Waals surface area contributed by atoms with E-state index >= 15 is 0 Å². The Labute approximate surface area is 288 Å². The fourth-order valence-electron chi connectivity index (χ4n) is 6.50. The van der Waals surface area contributed by atoms with Crippen molar-refractivity contribution in [2.24, 2.45) is 0 Å². The highest BCUT2D eigenvalue weighted by molar-refractivity contribution is 7.26. The third kappa shape index (κ3) is 5.48. The van der Waals surface area contributed by atoms with Crippen molar-refractivity contribution >= 4 is 31.5 Å². The Hall–Kier alpha value is -6.23. The molecule has 49 heavy (non-hydrogen) atoms. The van der Waals surface area contributed by atoms with Crippen molar-refractivity contribution in [3.05, 3.63) is 176 Å². The largest absolute Gasteiger partial charge is 0.208 e. The van der Waals surface area contributed by atoms with Crippen LogP contribution in [0.25, 0.3) is 87.7 Å². The Kier molecular flexibility index (Phi) is 7.34. The van der Waals surface area contributed by atoms with Gasteiger partial charge in [0.15, 0.2) is 17.5 Å². The molecule has 0 saturated carbocycles. The fourth-order valence-corrected chi connectivity index (χ4v) is 7.74. The maximum Gasteiger partial charge on any atom is 0.165 e. The Morgan fingerprint density at radius 2 is 0.714 bits per heavy atom. The van der Waals surface area contributed by atoms with E-state index in [-0.39, 0.29) is 0 Å². The van der Waals surface area contributed by atoms with E-state index in [4.69, 9.17) is 15.0 Å². The molecule has 0 radical (unpaired) electrons. The number of thiophene rings is 1. The van der Waals surface area contributed by atoms with E-state index in [2.05, 4.69) is 164 Å². The van der Waals surface area contributed by atoms with Crippen molar-refractivity contribution in [1.82, 2.24) is 15.0 Å². The van der Waals surface area contributed by atoms with Gasteiger partial charge in [0.05, 0.1) is 0 Å². The van der Waals surface area contributed by atoms with Crippen LogP contribution in [0, 0.1) is 0 Å². The Morgan fingerprint density at radius 1 is 0.306 bits per heavy atom. The predicted octanol–water partition coefficient (Wildman–Crippen LogP) is 12.2. The number of aromatic nitrogens is 3. The minimum atomic E-state index is 0.646. The van der Waals surface area contributed by atoms with Crippen LogP contribution in [0.5, 0.6) is 0 Å². The highest BCUT2D eigenvalue weighted by Gasteiger charge is 2.19. The van der Waals surface area contributed by atoms with Crippen LogP contribution in [0.15, 0.2) is 176 Å². The molecule has 3 nitrogen and oxygen atoms in total. The van der Waals surface area contributed by atoms with Gasteiger partial charge in [0.25, 0.3) is 0 Å². The van der Waals surface area contributed by atoms with Crippen molar-refractivity contribution < 1.29 is 0 Å². The summed E-state index contributed by atoms with van der Waals surface area (Å²) < 4.78 is 2.41. The summed E-state index contributed by atoms with van der Waals surface area (Å²) >= 11 is 1.79. The van der Waals surface area contributed by atoms with Gasteiger partial charge in [-0.15, -0.1) is 11.3 Å². The molecule has 0 saturated heterocycles. The molecule has 0 fully saturated rings. The monoisotopic (exact) mass is 643 g/mol. The van der Waals surface area contributed by atoms with Crippen molar-refractivity contribution in [2.75, 3.05) is 0 Å². The van der Waals surface area contributed by atoms with Gasteiger partial charge in [-0.2, -0.15) is 0 Å². The molecule has 9 rings (SSSR count). The van der Waals surface area contributed by atoms with E-state index < -0.39 is 0 Å². The van der Waals surface area contributed by atoms with Gasteiger partial charge in [-0.25, -0.2) is 15.0 Å². The zero-order valence-corrected chi connectivity index (χ0v) is 27.3. The van der Waals surface area contributed by atoms with Crippen molar-refractivity contribution in [1.29, 1.82) is 0 Å². The Bertz CT molecular complexity index is 2460. The molecule has 0 N–H and O–H groups in total. The van der Waals surface area contributed by atoms with Gasteiger partial charge in [0.1, 0.15) is 0 Å². The van der Waals surface area contributed by atoms with Gasteiger partial charge in [-0.1, -0.05) is 164 Å². The molecule has 4 heteroatoms. The van der Waals surface area contributed by atoms with Crippen molar-refractivity contribution in [3.63, 3.8) is 0 Å². The highest BCUT2D eigenvalue weighted by atomic mass is 32.1. The molecule has 0 amide bonds. The maximum absolute atomic E-state index is 5.17. The third-order valence-electron chi connectivity index (χ3n) is 8.99. The van der Waals surface area contributed by atoms with Crippen LogP contribution in [-0.4, -0.2) is 15.0 Å². The van der Waals surface area contributed by atoms with Gasteiger partial charge >= 0.3 is 0 Å². The van der Waals surface area contributed by atoms with E-state index in [1.165, 1.54) is 42.4 Å². The number of hydrogen-bond donors (Lipinski definition) is 0. The summed E-state index contributed by atoms with van der Waals surface area (Å²) in [5.41, 5.74) is 9.94. The van der Waals surface area contributed by atoms with Gasteiger partial charge in [-0.05, 0) is 45.5 Å². The van der Waals surface area contributed by atoms with Gasteiger partial charge < -0.3 is 0 Å². The molecule has 7 aromatic carbocycles. The highest BCUT2D eigenvalue weighted by Crippen LogP contribution is 2.44. The lowest BCUT2D eigenvalue weighted by Crippen LogP contribution is -2.00. The molecular weight excluding hydrogens is 615 g/mol. The fraction of sp³-hybridized carbons (Fsp3) is 0. The molecule has 2 aromatic heterocycles. The van der Waals surface area contributed by atoms with E-state index in [0.717, 1.165) is 27.8 Å². The van der Waals surface area contributed by atoms with Crippen molar-refractivity contribution in [2.45, 2.75) is 0 Å². The van der Waals surface area contributed by atoms with Crippen LogP contribution >= 0.6 is 11.3 Å². The van der Waals surface area contributed by atoms with Gasteiger partial charge in [0.2, 0.25) is 0 Å². The Morgan fingerprint density at radius 3 is 1.27 bits per heavy atom. The Balaban J connectivity index is 1.23. The summed E-state index contributed by atoms with van der Waals surface area (Å²) in [5, 5.41) is 2.47. The first-order valence-corrected chi connectivity index (χ1v) is 17.2. The lowest BCUT2D eigenvalue weighted by Gasteiger charge is -2.12. The first kappa shape index (κ1) is 29.0. The van der Waals surface area contributed by atoms with Crippen molar-refractivity contribution in [3.8, 4) is 67.5 Å². The summed E-state index contributed by atoms with van der Waals surface area (Å²) in [6.07, 6.45) is 0. The second-order valence-corrected chi connectivity index (χ2v) is 13.1. The minimum Gasteiger partial charge on any atom is -0.208 e. The average molecular weight is 644 g/mol. The maximum atomic E-state index is 5.17. The molecule has 2 heterocycles. The molecule has 0 aliphatic heterocycles. The number of nitrogens with zero attached hydrogens (tertiary/aromatic N) is 3. The summed E-state index contributed by atoms with van der Waals surface area (Å²) in [5.74, 6) is 1.96. The molecule has 0 atom stereocenters. The minimum absolute atomic E-state index is 0.646. The van der Waals surface area contributed by atoms with E-state index in [1.54, 1.807) is 11.3 Å². The summed E-state index contributed by atoms with van der Waals surface area (Å²) in [4.78, 5) is 15.4. The quantitative estimate of drug-likeness (QED) is 0.181. The van der Waals surface area contributed by atoms with Crippen LogP contribution in [-0.2, 0) is 0 Å². The number of hydrogen-bond acceptors (Lipinski definition) is 4. The molecular formula is C45H29N3S. The standard InChI is InChI=1S/C45H29N3S/c1-4-12-30(13-5-1)32-20-24-35(25-21-32)43-46-44(36-26-22-33(23-27-36)31-14-6-2-7-15-31)48-45(47-43)39-29-28-37(34-16-8-3-9-17-34)41-38-18-10-11-19-40(38)49-42(39)41/h1-29H. The topological polar surface area (TPSA) is 38.7 Å². The molecule has 0 bridgehead atoms. The van der Waals surface area contributed by atoms with Crippen LogP contribution in [0.2, 0.25) is 0 Å². The normalized spacial score (nSPS) is 11.3. The number of benzene rings is 7. The molecule has 0 spiro atoms. The number of rotatable bonds is 6. The van der Waals surface area contributed by atoms with Gasteiger partial charge in [0, 0.05) is 36.9 Å². The first-order valence-electron chi connectivity index (χ1n) is 16.4. The molecule has 9 aromatic rings. The van der Waals surface area contributed by atoms with Crippen LogP contribution in [0.1, 0.15) is 0 Å². The zero-order chi connectivity index (χ0) is 32.6. The third-order valence-corrected chi connectivity index (χ3v) is 10.2. The van der Waals surface area contributed by atoms with Crippen LogP contribution in [0.3, 0.4) is 0 Å². The molecule has 0 aliphatic carbocycles. The summed E-state index contributed by atoms with van der Waals surface area (Å²) in [7, 11) is 0. The molecule has 230 valence electrons. The zero-order valence-electron chi connectivity index (χ0n) is 26.5. The van der Waals surface area contributed by atoms with E-state index in [9.17, 15) is 0 Å².